The Morgan fingerprint density at radius 3 is 2.25 bits per heavy atom. The molecular formula is C19H19NO4. The summed E-state index contributed by atoms with van der Waals surface area (Å²) >= 11 is 0. The van der Waals surface area contributed by atoms with Crippen molar-refractivity contribution >= 4 is 17.6 Å². The molecule has 1 amide bonds. The number of anilines is 1. The summed E-state index contributed by atoms with van der Waals surface area (Å²) in [5, 5.41) is 0. The van der Waals surface area contributed by atoms with E-state index < -0.39 is 5.97 Å². The zero-order chi connectivity index (χ0) is 17.5. The Bertz CT molecular complexity index is 723. The van der Waals surface area contributed by atoms with E-state index in [1.807, 2.05) is 30.3 Å². The number of esters is 1. The lowest BCUT2D eigenvalue weighted by atomic mass is 10.2. The van der Waals surface area contributed by atoms with Crippen molar-refractivity contribution in [3.8, 4) is 5.75 Å². The summed E-state index contributed by atoms with van der Waals surface area (Å²) in [6.45, 7) is 3.89. The van der Waals surface area contributed by atoms with E-state index in [9.17, 15) is 9.59 Å². The Balaban J connectivity index is 1.98. The molecule has 0 saturated carbocycles. The van der Waals surface area contributed by atoms with Crippen molar-refractivity contribution < 1.29 is 19.1 Å². The maximum absolute atomic E-state index is 12.4. The Labute approximate surface area is 141 Å². The van der Waals surface area contributed by atoms with Crippen LogP contribution in [0, 0.1) is 0 Å². The van der Waals surface area contributed by atoms with Gasteiger partial charge in [0.2, 0.25) is 0 Å². The molecule has 24 heavy (non-hydrogen) atoms. The molecule has 0 atom stereocenters. The maximum Gasteiger partial charge on any atom is 0.337 e. The third kappa shape index (κ3) is 4.23. The molecule has 0 saturated heterocycles. The molecule has 0 unspecified atom stereocenters. The monoisotopic (exact) mass is 325 g/mol. The average molecular weight is 325 g/mol. The third-order valence-corrected chi connectivity index (χ3v) is 3.44. The maximum atomic E-state index is 12.4. The number of nitrogens with zero attached hydrogens (tertiary/aromatic N) is 1. The molecule has 124 valence electrons. The minimum absolute atomic E-state index is 0.105. The van der Waals surface area contributed by atoms with Gasteiger partial charge in [0.1, 0.15) is 12.4 Å². The van der Waals surface area contributed by atoms with Gasteiger partial charge < -0.3 is 14.4 Å². The molecule has 0 bridgehead atoms. The first-order valence-corrected chi connectivity index (χ1v) is 7.35. The van der Waals surface area contributed by atoms with Gasteiger partial charge in [0.05, 0.1) is 12.7 Å². The molecule has 0 aliphatic carbocycles. The predicted octanol–water partition coefficient (Wildman–Crippen LogP) is 3.07. The number of methoxy groups -OCH3 is 1. The number of rotatable bonds is 6. The topological polar surface area (TPSA) is 55.8 Å². The van der Waals surface area contributed by atoms with Crippen LogP contribution in [0.5, 0.6) is 5.75 Å². The van der Waals surface area contributed by atoms with Gasteiger partial charge in [-0.1, -0.05) is 24.8 Å². The van der Waals surface area contributed by atoms with E-state index in [0.717, 1.165) is 0 Å². The highest BCUT2D eigenvalue weighted by atomic mass is 16.5. The van der Waals surface area contributed by atoms with Crippen LogP contribution in [-0.4, -0.2) is 32.6 Å². The van der Waals surface area contributed by atoms with Crippen molar-refractivity contribution in [1.29, 1.82) is 0 Å². The number of carbonyl (C=O) groups excluding carboxylic acids is 2. The lowest BCUT2D eigenvalue weighted by Crippen LogP contribution is -2.29. The van der Waals surface area contributed by atoms with E-state index in [1.54, 1.807) is 31.3 Å². The predicted molar refractivity (Wildman–Crippen MR) is 92.3 cm³/mol. The molecule has 0 aliphatic rings. The second kappa shape index (κ2) is 7.97. The summed E-state index contributed by atoms with van der Waals surface area (Å²) in [7, 11) is 2.96. The standard InChI is InChI=1S/C19H19NO4/c1-14(13-24-17-7-5-4-6-8-17)18(21)20(2)16-11-9-15(10-12-16)19(22)23-3/h4-12H,1,13H2,2-3H3. The smallest absolute Gasteiger partial charge is 0.337 e. The highest BCUT2D eigenvalue weighted by molar-refractivity contribution is 6.05. The minimum Gasteiger partial charge on any atom is -0.489 e. The number of amides is 1. The van der Waals surface area contributed by atoms with E-state index in [4.69, 9.17) is 4.74 Å². The molecule has 0 heterocycles. The van der Waals surface area contributed by atoms with E-state index >= 15 is 0 Å². The first-order valence-electron chi connectivity index (χ1n) is 7.35. The number of carbonyl (C=O) groups is 2. The Morgan fingerprint density at radius 2 is 1.67 bits per heavy atom. The quantitative estimate of drug-likeness (QED) is 0.605. The highest BCUT2D eigenvalue weighted by Gasteiger charge is 2.16. The van der Waals surface area contributed by atoms with Crippen molar-refractivity contribution in [1.82, 2.24) is 0 Å². The van der Waals surface area contributed by atoms with Gasteiger partial charge in [-0.15, -0.1) is 0 Å². The molecule has 0 N–H and O–H groups in total. The molecule has 2 aromatic carbocycles. The van der Waals surface area contributed by atoms with Crippen molar-refractivity contribution in [2.45, 2.75) is 0 Å². The Kier molecular flexibility index (Phi) is 5.73. The Hall–Kier alpha value is -3.08. The zero-order valence-electron chi connectivity index (χ0n) is 13.7. The van der Waals surface area contributed by atoms with Crippen LogP contribution >= 0.6 is 0 Å². The summed E-state index contributed by atoms with van der Waals surface area (Å²) in [4.78, 5) is 25.3. The van der Waals surface area contributed by atoms with Crippen molar-refractivity contribution in [3.05, 3.63) is 72.3 Å². The lowest BCUT2D eigenvalue weighted by Gasteiger charge is -2.19. The molecule has 0 radical (unpaired) electrons. The molecule has 5 nitrogen and oxygen atoms in total. The highest BCUT2D eigenvalue weighted by Crippen LogP contribution is 2.17. The molecule has 0 aliphatic heterocycles. The molecule has 5 heteroatoms. The summed E-state index contributed by atoms with van der Waals surface area (Å²) < 4.78 is 10.2. The molecular weight excluding hydrogens is 306 g/mol. The summed E-state index contributed by atoms with van der Waals surface area (Å²) in [6, 6.07) is 15.8. The van der Waals surface area contributed by atoms with Crippen molar-refractivity contribution in [2.24, 2.45) is 0 Å². The lowest BCUT2D eigenvalue weighted by molar-refractivity contribution is -0.115. The average Bonchev–Trinajstić information content (AvgIpc) is 2.65. The first-order chi connectivity index (χ1) is 11.5. The fourth-order valence-corrected chi connectivity index (χ4v) is 2.04. The minimum atomic E-state index is -0.420. The van der Waals surface area contributed by atoms with Crippen LogP contribution in [0.4, 0.5) is 5.69 Å². The fourth-order valence-electron chi connectivity index (χ4n) is 2.04. The van der Waals surface area contributed by atoms with Gasteiger partial charge in [0.25, 0.3) is 5.91 Å². The summed E-state index contributed by atoms with van der Waals surface area (Å²) in [5.41, 5.74) is 1.40. The van der Waals surface area contributed by atoms with Gasteiger partial charge in [-0.05, 0) is 36.4 Å². The third-order valence-electron chi connectivity index (χ3n) is 3.44. The number of benzene rings is 2. The van der Waals surface area contributed by atoms with Gasteiger partial charge in [-0.2, -0.15) is 0 Å². The van der Waals surface area contributed by atoms with E-state index in [-0.39, 0.29) is 12.5 Å². The normalized spacial score (nSPS) is 9.92. The number of hydrogen-bond donors (Lipinski definition) is 0. The van der Waals surface area contributed by atoms with Gasteiger partial charge in [0.15, 0.2) is 0 Å². The number of likely N-dealkylation sites (N-methyl/N-ethyl adjacent to an activating group) is 1. The fraction of sp³-hybridized carbons (Fsp3) is 0.158. The SMILES string of the molecule is C=C(COc1ccccc1)C(=O)N(C)c1ccc(C(=O)OC)cc1. The van der Waals surface area contributed by atoms with Crippen LogP contribution in [0.2, 0.25) is 0 Å². The van der Waals surface area contributed by atoms with Gasteiger partial charge >= 0.3 is 5.97 Å². The molecule has 0 spiro atoms. The second-order valence-corrected chi connectivity index (χ2v) is 5.11. The van der Waals surface area contributed by atoms with Crippen LogP contribution in [0.15, 0.2) is 66.7 Å². The first kappa shape index (κ1) is 17.3. The van der Waals surface area contributed by atoms with Gasteiger partial charge in [-0.25, -0.2) is 4.79 Å². The van der Waals surface area contributed by atoms with E-state index in [2.05, 4.69) is 11.3 Å². The zero-order valence-corrected chi connectivity index (χ0v) is 13.7. The van der Waals surface area contributed by atoms with Gasteiger partial charge in [-0.3, -0.25) is 4.79 Å². The van der Waals surface area contributed by atoms with Crippen LogP contribution in [0.3, 0.4) is 0 Å². The molecule has 0 fully saturated rings. The van der Waals surface area contributed by atoms with Crippen LogP contribution in [-0.2, 0) is 9.53 Å². The van der Waals surface area contributed by atoms with Gasteiger partial charge in [0, 0.05) is 18.3 Å². The van der Waals surface area contributed by atoms with E-state index in [1.165, 1.54) is 12.0 Å². The largest absolute Gasteiger partial charge is 0.489 e. The summed E-state index contributed by atoms with van der Waals surface area (Å²) in [5.74, 6) is 0.00415. The molecule has 2 rings (SSSR count). The Morgan fingerprint density at radius 1 is 1.04 bits per heavy atom. The van der Waals surface area contributed by atoms with Crippen molar-refractivity contribution in [3.63, 3.8) is 0 Å². The van der Waals surface area contributed by atoms with Crippen LogP contribution < -0.4 is 9.64 Å². The van der Waals surface area contributed by atoms with Crippen molar-refractivity contribution in [2.75, 3.05) is 25.7 Å². The molecule has 0 aromatic heterocycles. The van der Waals surface area contributed by atoms with Crippen LogP contribution in [0.1, 0.15) is 10.4 Å². The second-order valence-electron chi connectivity index (χ2n) is 5.11. The molecule has 2 aromatic rings. The van der Waals surface area contributed by atoms with Crippen LogP contribution in [0.25, 0.3) is 0 Å². The van der Waals surface area contributed by atoms with E-state index in [0.29, 0.717) is 22.6 Å². The number of ether oxygens (including phenoxy) is 2. The number of para-hydroxylation sites is 1. The number of hydrogen-bond acceptors (Lipinski definition) is 4. The summed E-state index contributed by atoms with van der Waals surface area (Å²) in [6.07, 6.45) is 0.